The van der Waals surface area contributed by atoms with Gasteiger partial charge in [0.15, 0.2) is 0 Å². The average molecular weight is 1040 g/mol. The molecule has 0 aromatic rings. The van der Waals surface area contributed by atoms with Gasteiger partial charge in [0.05, 0.1) is 25.4 Å². The lowest BCUT2D eigenvalue weighted by Crippen LogP contribution is -2.34. The van der Waals surface area contributed by atoms with Crippen LogP contribution in [0.3, 0.4) is 0 Å². The van der Waals surface area contributed by atoms with Gasteiger partial charge in [-0.1, -0.05) is 317 Å². The molecule has 0 radical (unpaired) electrons. The summed E-state index contributed by atoms with van der Waals surface area (Å²) >= 11 is 0. The van der Waals surface area contributed by atoms with Crippen LogP contribution in [0.2, 0.25) is 0 Å². The fraction of sp³-hybridized carbons (Fsp3) is 1.00. The molecule has 0 saturated heterocycles. The van der Waals surface area contributed by atoms with Crippen molar-refractivity contribution in [2.45, 2.75) is 367 Å². The smallest absolute Gasteiger partial charge is 0.0932 e. The molecule has 0 amide bonds. The van der Waals surface area contributed by atoms with Gasteiger partial charge in [0.25, 0.3) is 0 Å². The Hall–Kier alpha value is -0.240. The van der Waals surface area contributed by atoms with Gasteiger partial charge in [0.1, 0.15) is 0 Å². The van der Waals surface area contributed by atoms with Crippen LogP contribution >= 0.6 is 0 Å². The summed E-state index contributed by atoms with van der Waals surface area (Å²) in [6.45, 7) is 18.0. The van der Waals surface area contributed by atoms with Gasteiger partial charge in [-0.2, -0.15) is 0 Å². The zero-order chi connectivity index (χ0) is 52.5. The molecule has 0 aromatic carbocycles. The molecular weight excluding hydrogens is 897 g/mol. The summed E-state index contributed by atoms with van der Waals surface area (Å²) in [6, 6.07) is 0. The van der Waals surface area contributed by atoms with Crippen LogP contribution in [-0.4, -0.2) is 78.0 Å². The van der Waals surface area contributed by atoms with Crippen molar-refractivity contribution in [3.8, 4) is 0 Å². The first-order valence-corrected chi connectivity index (χ1v) is 34.1. The van der Waals surface area contributed by atoms with Crippen LogP contribution in [0.15, 0.2) is 0 Å². The van der Waals surface area contributed by atoms with E-state index >= 15 is 0 Å². The summed E-state index contributed by atoms with van der Waals surface area (Å²) in [4.78, 5) is 0. The molecule has 0 aromatic heterocycles. The van der Waals surface area contributed by atoms with Crippen molar-refractivity contribution in [3.63, 3.8) is 0 Å². The van der Waals surface area contributed by atoms with Gasteiger partial charge >= 0.3 is 0 Å². The third-order valence-electron chi connectivity index (χ3n) is 15.5. The summed E-state index contributed by atoms with van der Waals surface area (Å²) in [5.74, 6) is 0. The van der Waals surface area contributed by atoms with Crippen molar-refractivity contribution in [1.82, 2.24) is 10.6 Å². The van der Waals surface area contributed by atoms with Crippen molar-refractivity contribution in [2.75, 3.05) is 65.8 Å². The Balaban J connectivity index is 4.48. The van der Waals surface area contributed by atoms with Crippen molar-refractivity contribution in [2.24, 2.45) is 0 Å². The molecule has 0 saturated carbocycles. The highest BCUT2D eigenvalue weighted by Crippen LogP contribution is 2.16. The average Bonchev–Trinajstić information content (AvgIpc) is 3.40. The summed E-state index contributed by atoms with van der Waals surface area (Å²) in [5, 5.41) is 7.50. The van der Waals surface area contributed by atoms with E-state index in [2.05, 4.69) is 38.3 Å². The highest BCUT2D eigenvalue weighted by molar-refractivity contribution is 4.65. The summed E-state index contributed by atoms with van der Waals surface area (Å²) in [5.41, 5.74) is 0. The lowest BCUT2D eigenvalue weighted by atomic mass is 10.1. The molecule has 0 spiro atoms. The van der Waals surface area contributed by atoms with Crippen LogP contribution in [-0.2, 0) is 18.9 Å². The number of ether oxygens (including phenoxy) is 4. The number of hydrogen-bond acceptors (Lipinski definition) is 6. The Kier molecular flexibility index (Phi) is 67.6. The predicted molar refractivity (Wildman–Crippen MR) is 325 cm³/mol. The standard InChI is InChI=1S/C67H138N2O4/c1-5-9-13-17-21-25-29-33-37-41-45-52-58-70-64-66(72-60-54-47-43-39-35-31-27-23-19-15-11-7-3)62-68-56-50-49-51-57-69-63-67(73-61-55-48-44-40-36-32-28-24-20-16-12-8-4)65-71-59-53-46-42-38-34-30-26-22-18-14-10-6-2/h66-69H,5-65H2,1-4H3. The largest absolute Gasteiger partial charge is 0.379 e. The van der Waals surface area contributed by atoms with Crippen molar-refractivity contribution in [1.29, 1.82) is 0 Å². The maximum absolute atomic E-state index is 6.47. The first-order valence-electron chi connectivity index (χ1n) is 34.1. The fourth-order valence-corrected chi connectivity index (χ4v) is 10.4. The number of hydrogen-bond donors (Lipinski definition) is 2. The second kappa shape index (κ2) is 67.9. The van der Waals surface area contributed by atoms with Crippen LogP contribution in [0.4, 0.5) is 0 Å². The molecular formula is C67H138N2O4. The van der Waals surface area contributed by atoms with Crippen LogP contribution in [0.25, 0.3) is 0 Å². The van der Waals surface area contributed by atoms with E-state index in [0.717, 1.165) is 65.8 Å². The minimum absolute atomic E-state index is 0.153. The summed E-state index contributed by atoms with van der Waals surface area (Å²) in [7, 11) is 0. The Morgan fingerprint density at radius 2 is 0.411 bits per heavy atom. The van der Waals surface area contributed by atoms with E-state index in [1.54, 1.807) is 0 Å². The number of nitrogens with one attached hydrogen (secondary N) is 2. The molecule has 0 heterocycles. The molecule has 6 heteroatoms. The summed E-state index contributed by atoms with van der Waals surface area (Å²) in [6.07, 6.45) is 70.2. The minimum atomic E-state index is 0.153. The highest BCUT2D eigenvalue weighted by Gasteiger charge is 2.11. The van der Waals surface area contributed by atoms with E-state index in [1.807, 2.05) is 0 Å². The molecule has 0 aliphatic rings. The topological polar surface area (TPSA) is 61.0 Å². The number of rotatable bonds is 68. The Morgan fingerprint density at radius 1 is 0.219 bits per heavy atom. The molecule has 2 unspecified atom stereocenters. The lowest BCUT2D eigenvalue weighted by Gasteiger charge is -2.19. The zero-order valence-electron chi connectivity index (χ0n) is 50.9. The highest BCUT2D eigenvalue weighted by atomic mass is 16.5. The SMILES string of the molecule is CCCCCCCCCCCCCCOCC(CNCCCCCNCC(COCCCCCCCCCCCCCC)OCCCCCCCCCCCCCC)OCCCCCCCCCCCCCC. The van der Waals surface area contributed by atoms with Gasteiger partial charge in [-0.25, -0.2) is 0 Å². The first-order chi connectivity index (χ1) is 36.3. The Labute approximate surface area is 460 Å². The van der Waals surface area contributed by atoms with E-state index in [-0.39, 0.29) is 12.2 Å². The van der Waals surface area contributed by atoms with Crippen molar-refractivity contribution >= 4 is 0 Å². The third-order valence-corrected chi connectivity index (χ3v) is 15.5. The van der Waals surface area contributed by atoms with Crippen LogP contribution in [0, 0.1) is 0 Å². The van der Waals surface area contributed by atoms with Crippen molar-refractivity contribution < 1.29 is 18.9 Å². The maximum atomic E-state index is 6.47. The second-order valence-electron chi connectivity index (χ2n) is 23.2. The van der Waals surface area contributed by atoms with Gasteiger partial charge in [-0.05, 0) is 51.6 Å². The fourth-order valence-electron chi connectivity index (χ4n) is 10.4. The van der Waals surface area contributed by atoms with E-state index in [9.17, 15) is 0 Å². The second-order valence-corrected chi connectivity index (χ2v) is 23.2. The van der Waals surface area contributed by atoms with Crippen LogP contribution in [0.1, 0.15) is 355 Å². The van der Waals surface area contributed by atoms with Crippen LogP contribution < -0.4 is 10.6 Å². The van der Waals surface area contributed by atoms with Gasteiger partial charge in [0.2, 0.25) is 0 Å². The van der Waals surface area contributed by atoms with E-state index in [0.29, 0.717) is 0 Å². The quantitative estimate of drug-likeness (QED) is 0.0592. The zero-order valence-corrected chi connectivity index (χ0v) is 50.9. The number of unbranched alkanes of at least 4 members (excludes halogenated alkanes) is 46. The first kappa shape index (κ1) is 72.8. The molecule has 73 heavy (non-hydrogen) atoms. The molecule has 2 N–H and O–H groups in total. The van der Waals surface area contributed by atoms with Gasteiger partial charge < -0.3 is 29.6 Å². The molecule has 0 aliphatic carbocycles. The molecule has 0 aliphatic heterocycles. The van der Waals surface area contributed by atoms with Gasteiger partial charge in [-0.15, -0.1) is 0 Å². The van der Waals surface area contributed by atoms with Gasteiger partial charge in [-0.3, -0.25) is 0 Å². The molecule has 0 fully saturated rings. The van der Waals surface area contributed by atoms with E-state index in [1.165, 1.54) is 327 Å². The Morgan fingerprint density at radius 3 is 0.644 bits per heavy atom. The van der Waals surface area contributed by atoms with Gasteiger partial charge in [0, 0.05) is 39.5 Å². The molecule has 440 valence electrons. The predicted octanol–water partition coefficient (Wildman–Crippen LogP) is 20.9. The molecule has 6 nitrogen and oxygen atoms in total. The van der Waals surface area contributed by atoms with Crippen molar-refractivity contribution in [3.05, 3.63) is 0 Å². The molecule has 2 atom stereocenters. The lowest BCUT2D eigenvalue weighted by molar-refractivity contribution is -0.0177. The minimum Gasteiger partial charge on any atom is -0.379 e. The monoisotopic (exact) mass is 1040 g/mol. The van der Waals surface area contributed by atoms with E-state index < -0.39 is 0 Å². The third kappa shape index (κ3) is 64.2. The molecule has 0 bridgehead atoms. The molecule has 0 rings (SSSR count). The maximum Gasteiger partial charge on any atom is 0.0932 e. The Bertz CT molecular complexity index is 867. The van der Waals surface area contributed by atoms with Crippen LogP contribution in [0.5, 0.6) is 0 Å². The normalized spacial score (nSPS) is 12.7. The summed E-state index contributed by atoms with van der Waals surface area (Å²) < 4.78 is 25.4. The van der Waals surface area contributed by atoms with E-state index in [4.69, 9.17) is 18.9 Å².